The molecular formula is C74H48. The second-order valence-electron chi connectivity index (χ2n) is 19.4. The van der Waals surface area contributed by atoms with Crippen molar-refractivity contribution in [3.63, 3.8) is 0 Å². The van der Waals surface area contributed by atoms with E-state index in [0.717, 1.165) is 0 Å². The first kappa shape index (κ1) is 43.2. The van der Waals surface area contributed by atoms with Crippen LogP contribution in [0, 0.1) is 0 Å². The van der Waals surface area contributed by atoms with Crippen LogP contribution in [0.3, 0.4) is 0 Å². The van der Waals surface area contributed by atoms with Gasteiger partial charge in [0.15, 0.2) is 0 Å². The topological polar surface area (TPSA) is 0 Å². The maximum absolute atomic E-state index is 2.47. The Bertz CT molecular complexity index is 3860. The predicted octanol–water partition coefficient (Wildman–Crippen LogP) is 20.8. The molecule has 14 rings (SSSR count). The lowest BCUT2D eigenvalue weighted by molar-refractivity contribution is 1.59. The van der Waals surface area contributed by atoms with E-state index in [-0.39, 0.29) is 0 Å². The Kier molecular flexibility index (Phi) is 10.6. The average Bonchev–Trinajstić information content (AvgIpc) is 3.50. The fourth-order valence-corrected chi connectivity index (χ4v) is 11.9. The van der Waals surface area contributed by atoms with Crippen molar-refractivity contribution in [3.05, 3.63) is 291 Å². The van der Waals surface area contributed by atoms with Crippen molar-refractivity contribution in [2.45, 2.75) is 0 Å². The van der Waals surface area contributed by atoms with E-state index in [1.807, 2.05) is 0 Å². The van der Waals surface area contributed by atoms with Crippen molar-refractivity contribution in [1.82, 2.24) is 0 Å². The zero-order valence-electron chi connectivity index (χ0n) is 40.7. The maximum Gasteiger partial charge on any atom is -0.00139 e. The van der Waals surface area contributed by atoms with Gasteiger partial charge in [0.1, 0.15) is 0 Å². The molecular weight excluding hydrogens is 889 g/mol. The minimum atomic E-state index is 1.19. The molecule has 0 N–H and O–H groups in total. The van der Waals surface area contributed by atoms with Gasteiger partial charge in [-0.15, -0.1) is 0 Å². The molecule has 0 aliphatic heterocycles. The van der Waals surface area contributed by atoms with Crippen LogP contribution in [0.25, 0.3) is 143 Å². The zero-order chi connectivity index (χ0) is 49.0. The molecule has 74 heavy (non-hydrogen) atoms. The molecule has 0 saturated heterocycles. The van der Waals surface area contributed by atoms with E-state index < -0.39 is 0 Å². The predicted molar refractivity (Wildman–Crippen MR) is 317 cm³/mol. The molecule has 344 valence electrons. The Morgan fingerprint density at radius 3 is 0.500 bits per heavy atom. The lowest BCUT2D eigenvalue weighted by Gasteiger charge is -2.20. The highest BCUT2D eigenvalue weighted by Crippen LogP contribution is 2.49. The first-order valence-corrected chi connectivity index (χ1v) is 25.7. The second kappa shape index (κ2) is 18.2. The molecule has 0 aliphatic rings. The third-order valence-corrected chi connectivity index (χ3v) is 15.3. The smallest absolute Gasteiger partial charge is 0.00139 e. The van der Waals surface area contributed by atoms with Crippen LogP contribution in [0.2, 0.25) is 0 Å². The molecule has 0 aliphatic carbocycles. The van der Waals surface area contributed by atoms with Gasteiger partial charge in [0, 0.05) is 0 Å². The zero-order valence-corrected chi connectivity index (χ0v) is 40.7. The molecule has 0 radical (unpaired) electrons. The monoisotopic (exact) mass is 936 g/mol. The molecule has 0 saturated carbocycles. The Labute approximate surface area is 431 Å². The van der Waals surface area contributed by atoms with Crippen molar-refractivity contribution in [1.29, 1.82) is 0 Å². The van der Waals surface area contributed by atoms with Crippen LogP contribution in [0.15, 0.2) is 291 Å². The van der Waals surface area contributed by atoms with Gasteiger partial charge in [0.2, 0.25) is 0 Å². The molecule has 0 unspecified atom stereocenters. The second-order valence-corrected chi connectivity index (χ2v) is 19.4. The quantitative estimate of drug-likeness (QED) is 0.133. The van der Waals surface area contributed by atoms with E-state index in [0.29, 0.717) is 0 Å². The van der Waals surface area contributed by atoms with Crippen molar-refractivity contribution in [2.24, 2.45) is 0 Å². The minimum absolute atomic E-state index is 1.19. The van der Waals surface area contributed by atoms with Gasteiger partial charge >= 0.3 is 0 Å². The van der Waals surface area contributed by atoms with Gasteiger partial charge < -0.3 is 0 Å². The molecule has 0 atom stereocenters. The van der Waals surface area contributed by atoms with Crippen molar-refractivity contribution >= 4 is 53.9 Å². The van der Waals surface area contributed by atoms with E-state index in [4.69, 9.17) is 0 Å². The molecule has 0 aromatic heterocycles. The normalized spacial score (nSPS) is 11.5. The highest BCUT2D eigenvalue weighted by atomic mass is 14.2. The first-order chi connectivity index (χ1) is 36.7. The largest absolute Gasteiger partial charge is 0.0622 e. The van der Waals surface area contributed by atoms with E-state index >= 15 is 0 Å². The number of hydrogen-bond donors (Lipinski definition) is 0. The number of rotatable bonds is 8. The van der Waals surface area contributed by atoms with Crippen LogP contribution in [0.1, 0.15) is 0 Å². The molecule has 0 fully saturated rings. The molecule has 0 spiro atoms. The fourth-order valence-electron chi connectivity index (χ4n) is 11.9. The standard InChI is InChI=1S/C74H48/c1-5-21-49(22-6-1)57-29-13-17-33-61(57)53-37-41-65-69(45-53)70-46-54(62-34-18-14-30-58(62)50-23-7-2-8-24-50)38-42-66(70)74-68-44-40-56(64-36-20-16-32-60(64)52-27-11-4-12-28-52)48-72(68)71-47-55(39-43-67(71)73(65)74)63-35-19-15-31-59(63)51-25-9-3-10-26-51/h1-48H. The lowest BCUT2D eigenvalue weighted by Crippen LogP contribution is -1.93. The molecule has 0 bridgehead atoms. The van der Waals surface area contributed by atoms with E-state index in [1.54, 1.807) is 0 Å². The van der Waals surface area contributed by atoms with Crippen molar-refractivity contribution < 1.29 is 0 Å². The Morgan fingerprint density at radius 2 is 0.297 bits per heavy atom. The maximum atomic E-state index is 2.47. The highest BCUT2D eigenvalue weighted by Gasteiger charge is 2.21. The third-order valence-electron chi connectivity index (χ3n) is 15.3. The third kappa shape index (κ3) is 7.39. The first-order valence-electron chi connectivity index (χ1n) is 25.7. The molecule has 0 amide bonds. The number of hydrogen-bond acceptors (Lipinski definition) is 0. The van der Waals surface area contributed by atoms with Crippen LogP contribution in [-0.2, 0) is 0 Å². The van der Waals surface area contributed by atoms with Crippen molar-refractivity contribution in [3.8, 4) is 89.0 Å². The molecule has 14 aromatic rings. The Hall–Kier alpha value is -9.62. The van der Waals surface area contributed by atoms with Gasteiger partial charge in [0.25, 0.3) is 0 Å². The highest BCUT2D eigenvalue weighted by molar-refractivity contribution is 6.40. The van der Waals surface area contributed by atoms with Gasteiger partial charge in [-0.25, -0.2) is 0 Å². The Morgan fingerprint density at radius 1 is 0.122 bits per heavy atom. The fraction of sp³-hybridized carbons (Fsp3) is 0. The molecule has 0 heterocycles. The number of benzene rings is 14. The van der Waals surface area contributed by atoms with E-state index in [9.17, 15) is 0 Å². The summed E-state index contributed by atoms with van der Waals surface area (Å²) in [5, 5.41) is 12.5. The summed E-state index contributed by atoms with van der Waals surface area (Å²) in [5.41, 5.74) is 19.4. The van der Waals surface area contributed by atoms with Crippen molar-refractivity contribution in [2.75, 3.05) is 0 Å². The minimum Gasteiger partial charge on any atom is -0.0622 e. The van der Waals surface area contributed by atoms with Gasteiger partial charge in [-0.05, 0) is 167 Å². The van der Waals surface area contributed by atoms with Gasteiger partial charge in [0.05, 0.1) is 0 Å². The van der Waals surface area contributed by atoms with Crippen LogP contribution < -0.4 is 0 Å². The van der Waals surface area contributed by atoms with E-state index in [1.165, 1.54) is 143 Å². The SMILES string of the molecule is c1ccc(-c2ccccc2-c2ccc3c(c2)c2cc(-c4ccccc4-c4ccccc4)ccc2c2c4ccc(-c5ccccc5-c5ccccc5)cc4c4cc(-c5ccccc5-c5ccccc5)ccc4c32)cc1. The summed E-state index contributed by atoms with van der Waals surface area (Å²) in [6.45, 7) is 0. The molecule has 0 heteroatoms. The van der Waals surface area contributed by atoms with Gasteiger partial charge in [-0.3, -0.25) is 0 Å². The average molecular weight is 937 g/mol. The van der Waals surface area contributed by atoms with E-state index in [2.05, 4.69) is 291 Å². The molecule has 14 aromatic carbocycles. The van der Waals surface area contributed by atoms with Crippen LogP contribution in [0.4, 0.5) is 0 Å². The summed E-state index contributed by atoms with van der Waals surface area (Å²) < 4.78 is 0. The number of fused-ring (bicyclic) bond motifs is 11. The summed E-state index contributed by atoms with van der Waals surface area (Å²) in [7, 11) is 0. The molecule has 0 nitrogen and oxygen atoms in total. The van der Waals surface area contributed by atoms with Gasteiger partial charge in [-0.2, -0.15) is 0 Å². The summed E-state index contributed by atoms with van der Waals surface area (Å²) in [6.07, 6.45) is 0. The summed E-state index contributed by atoms with van der Waals surface area (Å²) in [4.78, 5) is 0. The van der Waals surface area contributed by atoms with Gasteiger partial charge in [-0.1, -0.05) is 267 Å². The lowest BCUT2D eigenvalue weighted by atomic mass is 9.83. The Balaban J connectivity index is 1.10. The van der Waals surface area contributed by atoms with Crippen LogP contribution in [0.5, 0.6) is 0 Å². The van der Waals surface area contributed by atoms with Crippen LogP contribution >= 0.6 is 0 Å². The van der Waals surface area contributed by atoms with Crippen LogP contribution in [-0.4, -0.2) is 0 Å². The summed E-state index contributed by atoms with van der Waals surface area (Å²) >= 11 is 0. The summed E-state index contributed by atoms with van der Waals surface area (Å²) in [6, 6.07) is 108. The summed E-state index contributed by atoms with van der Waals surface area (Å²) in [5.74, 6) is 0.